The zero-order valence-electron chi connectivity index (χ0n) is 12.5. The molecule has 7 heteroatoms. The zero-order valence-corrected chi connectivity index (χ0v) is 13.3. The van der Waals surface area contributed by atoms with Crippen molar-refractivity contribution in [2.24, 2.45) is 5.41 Å². The maximum atomic E-state index is 14.0. The topological polar surface area (TPSA) is 69.6 Å². The number of halogens is 2. The first-order chi connectivity index (χ1) is 10.9. The van der Waals surface area contributed by atoms with Gasteiger partial charge < -0.3 is 15.3 Å². The average Bonchev–Trinajstić information content (AvgIpc) is 2.84. The number of amides is 1. The van der Waals surface area contributed by atoms with Crippen LogP contribution >= 0.6 is 11.6 Å². The molecule has 2 N–H and O–H groups in total. The van der Waals surface area contributed by atoms with Gasteiger partial charge in [-0.2, -0.15) is 0 Å². The van der Waals surface area contributed by atoms with E-state index in [0.717, 1.165) is 6.42 Å². The lowest BCUT2D eigenvalue weighted by molar-refractivity contribution is -0.162. The summed E-state index contributed by atoms with van der Waals surface area (Å²) in [4.78, 5) is 25.5. The predicted octanol–water partition coefficient (Wildman–Crippen LogP) is 2.43. The molecular weight excluding hydrogens is 323 g/mol. The molecule has 0 radical (unpaired) electrons. The van der Waals surface area contributed by atoms with Gasteiger partial charge in [0.2, 0.25) is 5.91 Å². The number of carboxylic acid groups (broad SMARTS) is 1. The monoisotopic (exact) mass is 340 g/mol. The number of rotatable bonds is 4. The molecule has 1 aromatic carbocycles. The summed E-state index contributed by atoms with van der Waals surface area (Å²) in [7, 11) is 0. The van der Waals surface area contributed by atoms with Gasteiger partial charge in [0, 0.05) is 24.2 Å². The molecule has 1 amide bonds. The lowest BCUT2D eigenvalue weighted by atomic mass is 9.68. The fraction of sp³-hybridized carbons (Fsp3) is 0.500. The van der Waals surface area contributed by atoms with Gasteiger partial charge >= 0.3 is 5.97 Å². The minimum atomic E-state index is -1.26. The van der Waals surface area contributed by atoms with E-state index < -0.39 is 23.1 Å². The molecule has 1 atom stereocenters. The highest BCUT2D eigenvalue weighted by Crippen LogP contribution is 2.41. The second kappa shape index (κ2) is 6.00. The van der Waals surface area contributed by atoms with Crippen molar-refractivity contribution in [1.82, 2.24) is 5.32 Å². The van der Waals surface area contributed by atoms with Crippen LogP contribution in [-0.4, -0.2) is 36.1 Å². The van der Waals surface area contributed by atoms with Crippen molar-refractivity contribution in [2.75, 3.05) is 18.0 Å². The Morgan fingerprint density at radius 1 is 1.39 bits per heavy atom. The molecular formula is C16H18ClFN2O3. The highest BCUT2D eigenvalue weighted by molar-refractivity contribution is 6.30. The summed E-state index contributed by atoms with van der Waals surface area (Å²) in [5.41, 5.74) is -0.818. The van der Waals surface area contributed by atoms with E-state index >= 15 is 0 Å². The van der Waals surface area contributed by atoms with Gasteiger partial charge in [-0.05, 0) is 37.5 Å². The molecule has 1 unspecified atom stereocenters. The molecule has 3 rings (SSSR count). The number of hydrogen-bond donors (Lipinski definition) is 2. The molecule has 0 bridgehead atoms. The molecule has 23 heavy (non-hydrogen) atoms. The van der Waals surface area contributed by atoms with Crippen LogP contribution in [0.3, 0.4) is 0 Å². The molecule has 124 valence electrons. The van der Waals surface area contributed by atoms with Crippen molar-refractivity contribution < 1.29 is 19.1 Å². The second-order valence-corrected chi connectivity index (χ2v) is 6.68. The smallest absolute Gasteiger partial charge is 0.319 e. The van der Waals surface area contributed by atoms with Crippen molar-refractivity contribution in [3.8, 4) is 0 Å². The van der Waals surface area contributed by atoms with Crippen molar-refractivity contribution in [3.63, 3.8) is 0 Å². The predicted molar refractivity (Wildman–Crippen MR) is 84.1 cm³/mol. The Bertz CT molecular complexity index is 648. The lowest BCUT2D eigenvalue weighted by Gasteiger charge is -2.36. The highest BCUT2D eigenvalue weighted by atomic mass is 35.5. The summed E-state index contributed by atoms with van der Waals surface area (Å²) < 4.78 is 14.0. The number of nitrogens with zero attached hydrogens (tertiary/aromatic N) is 1. The van der Waals surface area contributed by atoms with Crippen LogP contribution in [0.1, 0.15) is 25.7 Å². The number of carbonyl (C=O) groups excluding carboxylic acids is 1. The zero-order chi connectivity index (χ0) is 16.6. The summed E-state index contributed by atoms with van der Waals surface area (Å²) in [5.74, 6) is -1.87. The maximum Gasteiger partial charge on any atom is 0.319 e. The van der Waals surface area contributed by atoms with Crippen LogP contribution in [0.15, 0.2) is 18.2 Å². The number of anilines is 1. The van der Waals surface area contributed by atoms with Crippen LogP contribution in [0.25, 0.3) is 0 Å². The number of carboxylic acids is 1. The Morgan fingerprint density at radius 3 is 2.70 bits per heavy atom. The molecule has 1 aliphatic carbocycles. The Hall–Kier alpha value is -1.82. The van der Waals surface area contributed by atoms with Gasteiger partial charge in [-0.25, -0.2) is 4.39 Å². The van der Waals surface area contributed by atoms with Gasteiger partial charge in [-0.15, -0.1) is 0 Å². The van der Waals surface area contributed by atoms with E-state index in [4.69, 9.17) is 11.6 Å². The lowest BCUT2D eigenvalue weighted by Crippen LogP contribution is -2.53. The van der Waals surface area contributed by atoms with Crippen molar-refractivity contribution in [2.45, 2.75) is 31.7 Å². The third-order valence-corrected chi connectivity index (χ3v) is 5.06. The summed E-state index contributed by atoms with van der Waals surface area (Å²) in [5, 5.41) is 12.4. The average molecular weight is 341 g/mol. The summed E-state index contributed by atoms with van der Waals surface area (Å²) >= 11 is 5.75. The van der Waals surface area contributed by atoms with Crippen molar-refractivity contribution in [1.29, 1.82) is 0 Å². The first kappa shape index (κ1) is 16.1. The Morgan fingerprint density at radius 2 is 2.13 bits per heavy atom. The van der Waals surface area contributed by atoms with E-state index in [2.05, 4.69) is 5.32 Å². The SMILES string of the molecule is O=C(O)C1(C(=O)NC2CCN(c3ccc(Cl)cc3F)C2)CCC1. The molecule has 1 aliphatic heterocycles. The summed E-state index contributed by atoms with van der Waals surface area (Å²) in [6.07, 6.45) is 2.18. The van der Waals surface area contributed by atoms with Crippen LogP contribution in [-0.2, 0) is 9.59 Å². The minimum Gasteiger partial charge on any atom is -0.480 e. The van der Waals surface area contributed by atoms with Gasteiger partial charge in [0.1, 0.15) is 11.2 Å². The molecule has 1 saturated carbocycles. The van der Waals surface area contributed by atoms with Crippen LogP contribution < -0.4 is 10.2 Å². The van der Waals surface area contributed by atoms with Gasteiger partial charge in [0.25, 0.3) is 0 Å². The number of carbonyl (C=O) groups is 2. The number of hydrogen-bond acceptors (Lipinski definition) is 3. The number of aliphatic carboxylic acids is 1. The normalized spacial score (nSPS) is 22.5. The van der Waals surface area contributed by atoms with Crippen molar-refractivity contribution >= 4 is 29.2 Å². The standard InChI is InChI=1S/C16H18ClFN2O3/c17-10-2-3-13(12(18)8-10)20-7-4-11(9-20)19-14(21)16(15(22)23)5-1-6-16/h2-3,8,11H,1,4-7,9H2,(H,19,21)(H,22,23). The highest BCUT2D eigenvalue weighted by Gasteiger charge is 2.51. The summed E-state index contributed by atoms with van der Waals surface area (Å²) in [6, 6.07) is 4.33. The molecule has 1 aromatic rings. The van der Waals surface area contributed by atoms with Gasteiger partial charge in [0.05, 0.1) is 5.69 Å². The van der Waals surface area contributed by atoms with E-state index in [-0.39, 0.29) is 6.04 Å². The van der Waals surface area contributed by atoms with Crippen LogP contribution in [0, 0.1) is 11.2 Å². The van der Waals surface area contributed by atoms with Crippen molar-refractivity contribution in [3.05, 3.63) is 29.0 Å². The third kappa shape index (κ3) is 2.87. The molecule has 5 nitrogen and oxygen atoms in total. The number of benzene rings is 1. The molecule has 1 saturated heterocycles. The first-order valence-corrected chi connectivity index (χ1v) is 8.04. The van der Waals surface area contributed by atoms with E-state index in [1.807, 2.05) is 4.90 Å². The summed E-state index contributed by atoms with van der Waals surface area (Å²) in [6.45, 7) is 1.06. The Kier molecular flexibility index (Phi) is 4.19. The largest absolute Gasteiger partial charge is 0.480 e. The van der Waals surface area contributed by atoms with Gasteiger partial charge in [-0.1, -0.05) is 18.0 Å². The minimum absolute atomic E-state index is 0.172. The van der Waals surface area contributed by atoms with Crippen LogP contribution in [0.5, 0.6) is 0 Å². The second-order valence-electron chi connectivity index (χ2n) is 6.24. The maximum absolute atomic E-state index is 14.0. The molecule has 2 fully saturated rings. The van der Waals surface area contributed by atoms with Crippen LogP contribution in [0.2, 0.25) is 5.02 Å². The number of nitrogens with one attached hydrogen (secondary N) is 1. The fourth-order valence-electron chi connectivity index (χ4n) is 3.23. The molecule has 2 aliphatic rings. The fourth-order valence-corrected chi connectivity index (χ4v) is 3.39. The first-order valence-electron chi connectivity index (χ1n) is 7.67. The van der Waals surface area contributed by atoms with E-state index in [1.165, 1.54) is 6.07 Å². The van der Waals surface area contributed by atoms with E-state index in [0.29, 0.717) is 43.1 Å². The van der Waals surface area contributed by atoms with Gasteiger partial charge in [-0.3, -0.25) is 9.59 Å². The molecule has 0 spiro atoms. The van der Waals surface area contributed by atoms with E-state index in [9.17, 15) is 19.1 Å². The Balaban J connectivity index is 1.64. The third-order valence-electron chi connectivity index (χ3n) is 4.83. The molecule has 0 aromatic heterocycles. The van der Waals surface area contributed by atoms with Gasteiger partial charge in [0.15, 0.2) is 0 Å². The Labute approximate surface area is 138 Å². The van der Waals surface area contributed by atoms with Crippen LogP contribution in [0.4, 0.5) is 10.1 Å². The van der Waals surface area contributed by atoms with E-state index in [1.54, 1.807) is 12.1 Å². The quantitative estimate of drug-likeness (QED) is 0.826. The molecule has 1 heterocycles.